The zero-order valence-corrected chi connectivity index (χ0v) is 22.7. The third kappa shape index (κ3) is 6.47. The highest BCUT2D eigenvalue weighted by molar-refractivity contribution is 6.12. The number of fused-ring (bicyclic) bond motifs is 1. The number of amides is 4. The molecule has 10 heteroatoms. The van der Waals surface area contributed by atoms with E-state index >= 15 is 0 Å². The molecule has 0 aliphatic carbocycles. The van der Waals surface area contributed by atoms with Crippen LogP contribution in [-0.4, -0.2) is 43.9 Å². The molecule has 0 saturated carbocycles. The Hall–Kier alpha value is -4.28. The highest BCUT2D eigenvalue weighted by Gasteiger charge is 2.53. The molecular formula is C30H33FN4O5. The van der Waals surface area contributed by atoms with Gasteiger partial charge in [-0.1, -0.05) is 42.0 Å². The smallest absolute Gasteiger partial charge is 0.320 e. The molecule has 210 valence electrons. The summed E-state index contributed by atoms with van der Waals surface area (Å²) in [7, 11) is 0. The number of halogens is 1. The summed E-state index contributed by atoms with van der Waals surface area (Å²) in [6, 6.07) is 18.8. The molecule has 3 aromatic carbocycles. The summed E-state index contributed by atoms with van der Waals surface area (Å²) in [5.41, 5.74) is 0.981. The zero-order valence-electron chi connectivity index (χ0n) is 22.7. The number of aryl methyl sites for hydroxylation is 1. The lowest BCUT2D eigenvalue weighted by atomic mass is 9.87. The number of nitrogens with one attached hydrogen (secondary N) is 3. The first-order chi connectivity index (χ1) is 19.3. The lowest BCUT2D eigenvalue weighted by molar-refractivity contribution is -0.138. The van der Waals surface area contributed by atoms with E-state index < -0.39 is 41.9 Å². The summed E-state index contributed by atoms with van der Waals surface area (Å²) in [5, 5.41) is 8.14. The van der Waals surface area contributed by atoms with Gasteiger partial charge in [-0.3, -0.25) is 9.59 Å². The second-order valence-electron chi connectivity index (χ2n) is 9.36. The van der Waals surface area contributed by atoms with Crippen LogP contribution in [0, 0.1) is 12.7 Å². The van der Waals surface area contributed by atoms with Crippen LogP contribution in [0.1, 0.15) is 31.4 Å². The van der Waals surface area contributed by atoms with Gasteiger partial charge in [-0.15, -0.1) is 0 Å². The summed E-state index contributed by atoms with van der Waals surface area (Å²) < 4.78 is 25.1. The zero-order chi connectivity index (χ0) is 28.7. The predicted molar refractivity (Wildman–Crippen MR) is 150 cm³/mol. The van der Waals surface area contributed by atoms with Crippen molar-refractivity contribution in [2.75, 3.05) is 35.3 Å². The van der Waals surface area contributed by atoms with Crippen LogP contribution in [0.3, 0.4) is 0 Å². The number of urea groups is 1. The standard InChI is InChI=1S/C30H33FN4O5/c1-4-39-27(40-5-2)19-35-25-12-7-6-11-24(25)30(28(35)37,18-26(36)32-22-15-13-20(3)14-16-22)34-29(38)33-23-10-8-9-21(31)17-23/h6-17,27H,4-5,18-19H2,1-3H3,(H,32,36)(H2,33,34,38). The number of carbonyl (C=O) groups is 3. The number of nitrogens with zero attached hydrogens (tertiary/aromatic N) is 1. The van der Waals surface area contributed by atoms with Crippen molar-refractivity contribution in [1.29, 1.82) is 0 Å². The summed E-state index contributed by atoms with van der Waals surface area (Å²) in [6.45, 7) is 6.36. The molecule has 1 heterocycles. The average Bonchev–Trinajstić information content (AvgIpc) is 3.13. The van der Waals surface area contributed by atoms with Crippen LogP contribution < -0.4 is 20.9 Å². The van der Waals surface area contributed by atoms with Crippen molar-refractivity contribution in [3.63, 3.8) is 0 Å². The maximum atomic E-state index is 14.2. The van der Waals surface area contributed by atoms with Crippen LogP contribution in [0.15, 0.2) is 72.8 Å². The number of hydrogen-bond donors (Lipinski definition) is 3. The molecule has 40 heavy (non-hydrogen) atoms. The van der Waals surface area contributed by atoms with Crippen molar-refractivity contribution in [3.8, 4) is 0 Å². The highest BCUT2D eigenvalue weighted by Crippen LogP contribution is 2.43. The van der Waals surface area contributed by atoms with E-state index in [2.05, 4.69) is 16.0 Å². The second kappa shape index (κ2) is 12.7. The van der Waals surface area contributed by atoms with Crippen LogP contribution >= 0.6 is 0 Å². The van der Waals surface area contributed by atoms with Crippen molar-refractivity contribution in [1.82, 2.24) is 5.32 Å². The Morgan fingerprint density at radius 2 is 1.62 bits per heavy atom. The monoisotopic (exact) mass is 548 g/mol. The summed E-state index contributed by atoms with van der Waals surface area (Å²) in [6.07, 6.45) is -1.11. The Morgan fingerprint density at radius 3 is 2.30 bits per heavy atom. The molecule has 3 aromatic rings. The van der Waals surface area contributed by atoms with Gasteiger partial charge in [0.1, 0.15) is 5.82 Å². The fourth-order valence-corrected chi connectivity index (χ4v) is 4.72. The van der Waals surface area contributed by atoms with Crippen molar-refractivity contribution in [2.24, 2.45) is 0 Å². The van der Waals surface area contributed by atoms with Crippen molar-refractivity contribution in [2.45, 2.75) is 39.0 Å². The first kappa shape index (κ1) is 28.7. The highest BCUT2D eigenvalue weighted by atomic mass is 19.1. The van der Waals surface area contributed by atoms with E-state index in [1.807, 2.05) is 32.9 Å². The molecule has 0 aromatic heterocycles. The minimum Gasteiger partial charge on any atom is -0.351 e. The fraction of sp³-hybridized carbons (Fsp3) is 0.300. The maximum Gasteiger partial charge on any atom is 0.320 e. The van der Waals surface area contributed by atoms with E-state index in [0.717, 1.165) is 11.6 Å². The number of rotatable bonds is 11. The first-order valence-corrected chi connectivity index (χ1v) is 13.1. The lowest BCUT2D eigenvalue weighted by Gasteiger charge is -2.30. The number of ether oxygens (including phenoxy) is 2. The minimum absolute atomic E-state index is 0.0477. The molecule has 0 fully saturated rings. The van der Waals surface area contributed by atoms with E-state index in [0.29, 0.717) is 30.2 Å². The van der Waals surface area contributed by atoms with Crippen molar-refractivity contribution < 1.29 is 28.2 Å². The van der Waals surface area contributed by atoms with Crippen LogP contribution in [0.5, 0.6) is 0 Å². The molecular weight excluding hydrogens is 515 g/mol. The van der Waals surface area contributed by atoms with E-state index in [9.17, 15) is 18.8 Å². The van der Waals surface area contributed by atoms with Gasteiger partial charge in [0.2, 0.25) is 5.91 Å². The largest absolute Gasteiger partial charge is 0.351 e. The Bertz CT molecular complexity index is 1360. The summed E-state index contributed by atoms with van der Waals surface area (Å²) >= 11 is 0. The molecule has 0 bridgehead atoms. The molecule has 1 atom stereocenters. The molecule has 9 nitrogen and oxygen atoms in total. The molecule has 4 rings (SSSR count). The molecule has 0 saturated heterocycles. The average molecular weight is 549 g/mol. The maximum absolute atomic E-state index is 14.2. The second-order valence-corrected chi connectivity index (χ2v) is 9.36. The van der Waals surface area contributed by atoms with Crippen LogP contribution in [0.25, 0.3) is 0 Å². The van der Waals surface area contributed by atoms with E-state index in [1.165, 1.54) is 23.1 Å². The van der Waals surface area contributed by atoms with Crippen LogP contribution in [0.2, 0.25) is 0 Å². The Labute approximate surface area is 232 Å². The molecule has 1 unspecified atom stereocenters. The fourth-order valence-electron chi connectivity index (χ4n) is 4.72. The topological polar surface area (TPSA) is 109 Å². The number of carbonyl (C=O) groups excluding carboxylic acids is 3. The molecule has 4 amide bonds. The summed E-state index contributed by atoms with van der Waals surface area (Å²) in [5.74, 6) is -1.53. The minimum atomic E-state index is -1.76. The number of hydrogen-bond acceptors (Lipinski definition) is 5. The van der Waals surface area contributed by atoms with E-state index in [1.54, 1.807) is 36.4 Å². The number of para-hydroxylation sites is 1. The van der Waals surface area contributed by atoms with E-state index in [-0.39, 0.29) is 12.2 Å². The quantitative estimate of drug-likeness (QED) is 0.295. The van der Waals surface area contributed by atoms with Gasteiger partial charge in [-0.25, -0.2) is 9.18 Å². The van der Waals surface area contributed by atoms with Crippen molar-refractivity contribution in [3.05, 3.63) is 89.7 Å². The molecule has 3 N–H and O–H groups in total. The predicted octanol–water partition coefficient (Wildman–Crippen LogP) is 4.93. The SMILES string of the molecule is CCOC(CN1C(=O)C(CC(=O)Nc2ccc(C)cc2)(NC(=O)Nc2cccc(F)c2)c2ccccc21)OCC. The van der Waals surface area contributed by atoms with Gasteiger partial charge in [0.05, 0.1) is 18.7 Å². The Morgan fingerprint density at radius 1 is 0.925 bits per heavy atom. The van der Waals surface area contributed by atoms with Crippen molar-refractivity contribution >= 4 is 34.9 Å². The number of benzene rings is 3. The van der Waals surface area contributed by atoms with E-state index in [4.69, 9.17) is 9.47 Å². The van der Waals surface area contributed by atoms with Gasteiger partial charge < -0.3 is 30.3 Å². The normalized spacial score (nSPS) is 16.1. The number of anilines is 3. The van der Waals surface area contributed by atoms with Gasteiger partial charge in [0.25, 0.3) is 5.91 Å². The Balaban J connectivity index is 1.69. The van der Waals surface area contributed by atoms with Gasteiger partial charge >= 0.3 is 6.03 Å². The summed E-state index contributed by atoms with van der Waals surface area (Å²) in [4.78, 5) is 42.3. The molecule has 1 aliphatic rings. The van der Waals surface area contributed by atoms with Gasteiger partial charge in [0.15, 0.2) is 11.8 Å². The molecule has 1 aliphatic heterocycles. The third-order valence-electron chi connectivity index (χ3n) is 6.47. The van der Waals surface area contributed by atoms with Gasteiger partial charge in [-0.05, 0) is 57.2 Å². The van der Waals surface area contributed by atoms with Crippen LogP contribution in [-0.2, 0) is 24.6 Å². The molecule has 0 spiro atoms. The first-order valence-electron chi connectivity index (χ1n) is 13.1. The van der Waals surface area contributed by atoms with Gasteiger partial charge in [0, 0.05) is 30.2 Å². The lowest BCUT2D eigenvalue weighted by Crippen LogP contribution is -2.56. The third-order valence-corrected chi connectivity index (χ3v) is 6.47. The Kier molecular flexibility index (Phi) is 9.13. The van der Waals surface area contributed by atoms with Gasteiger partial charge in [-0.2, -0.15) is 0 Å². The van der Waals surface area contributed by atoms with Crippen LogP contribution in [0.4, 0.5) is 26.2 Å². The molecule has 0 radical (unpaired) electrons.